The molecule has 0 aromatic carbocycles. The topological polar surface area (TPSA) is 62.8 Å². The van der Waals surface area contributed by atoms with E-state index in [2.05, 4.69) is 20.3 Å². The maximum Gasteiger partial charge on any atom is 0.142 e. The number of nitrogens with one attached hydrogen (secondary N) is 2. The lowest BCUT2D eigenvalue weighted by Gasteiger charge is -2.21. The molecule has 0 aliphatic carbocycles. The molecule has 3 rings (SSSR count). The first-order valence-electron chi connectivity index (χ1n) is 5.80. The van der Waals surface area contributed by atoms with Crippen LogP contribution >= 0.6 is 0 Å². The maximum atomic E-state index is 13.1. The van der Waals surface area contributed by atoms with Crippen LogP contribution in [-0.2, 0) is 4.74 Å². The summed E-state index contributed by atoms with van der Waals surface area (Å²) < 4.78 is 18.5. The molecule has 1 unspecified atom stereocenters. The Kier molecular flexibility index (Phi) is 3.04. The highest BCUT2D eigenvalue weighted by Gasteiger charge is 2.18. The first kappa shape index (κ1) is 11.3. The van der Waals surface area contributed by atoms with Crippen molar-refractivity contribution in [2.75, 3.05) is 19.8 Å². The van der Waals surface area contributed by atoms with E-state index < -0.39 is 0 Å². The Balaban J connectivity index is 1.84. The van der Waals surface area contributed by atoms with Gasteiger partial charge in [0.25, 0.3) is 0 Å². The van der Waals surface area contributed by atoms with Gasteiger partial charge in [-0.15, -0.1) is 0 Å². The Labute approximate surface area is 103 Å². The second kappa shape index (κ2) is 4.83. The number of hydrogen-bond donors (Lipinski definition) is 2. The largest absolute Gasteiger partial charge is 0.378 e. The fraction of sp³-hybridized carbons (Fsp3) is 0.333. The van der Waals surface area contributed by atoms with Crippen molar-refractivity contribution in [3.8, 4) is 11.3 Å². The second-order valence-electron chi connectivity index (χ2n) is 4.16. The Bertz CT molecular complexity index is 536. The van der Waals surface area contributed by atoms with Crippen molar-refractivity contribution in [1.82, 2.24) is 20.3 Å². The maximum absolute atomic E-state index is 13.1. The number of aromatic nitrogens is 3. The highest BCUT2D eigenvalue weighted by molar-refractivity contribution is 5.57. The second-order valence-corrected chi connectivity index (χ2v) is 4.16. The van der Waals surface area contributed by atoms with Crippen LogP contribution in [-0.4, -0.2) is 34.7 Å². The Hall–Kier alpha value is -1.79. The van der Waals surface area contributed by atoms with E-state index in [0.29, 0.717) is 12.2 Å². The van der Waals surface area contributed by atoms with Crippen LogP contribution < -0.4 is 5.32 Å². The third-order valence-corrected chi connectivity index (χ3v) is 2.86. The van der Waals surface area contributed by atoms with Crippen molar-refractivity contribution in [3.05, 3.63) is 36.3 Å². The van der Waals surface area contributed by atoms with Crippen LogP contribution in [0.25, 0.3) is 11.3 Å². The molecule has 0 spiro atoms. The number of hydrogen-bond acceptors (Lipinski definition) is 4. The SMILES string of the molecule is Fc1cncc(-c2cnc(C3COCCN3)[nH]2)c1. The van der Waals surface area contributed by atoms with Gasteiger partial charge in [-0.25, -0.2) is 9.37 Å². The van der Waals surface area contributed by atoms with Gasteiger partial charge < -0.3 is 15.0 Å². The van der Waals surface area contributed by atoms with Crippen molar-refractivity contribution in [2.24, 2.45) is 0 Å². The lowest BCUT2D eigenvalue weighted by atomic mass is 10.2. The van der Waals surface area contributed by atoms with E-state index in [1.165, 1.54) is 12.3 Å². The van der Waals surface area contributed by atoms with Crippen LogP contribution in [0.4, 0.5) is 4.39 Å². The van der Waals surface area contributed by atoms with Crippen LogP contribution in [0.3, 0.4) is 0 Å². The number of H-pyrrole nitrogens is 1. The number of imidazole rings is 1. The molecule has 1 aliphatic rings. The molecule has 0 saturated carbocycles. The standard InChI is InChI=1S/C12H13FN4O/c13-9-3-8(4-14-5-9)10-6-16-12(17-10)11-7-18-2-1-15-11/h3-6,11,15H,1-2,7H2,(H,16,17). The molecule has 3 heterocycles. The fourth-order valence-corrected chi connectivity index (χ4v) is 1.96. The third kappa shape index (κ3) is 2.25. The molecule has 1 atom stereocenters. The lowest BCUT2D eigenvalue weighted by molar-refractivity contribution is 0.0745. The monoisotopic (exact) mass is 248 g/mol. The number of morpholine rings is 1. The van der Waals surface area contributed by atoms with Gasteiger partial charge in [0.1, 0.15) is 11.6 Å². The summed E-state index contributed by atoms with van der Waals surface area (Å²) in [5.74, 6) is 0.441. The van der Waals surface area contributed by atoms with E-state index in [1.54, 1.807) is 12.4 Å². The van der Waals surface area contributed by atoms with Gasteiger partial charge in [-0.05, 0) is 6.07 Å². The predicted molar refractivity (Wildman–Crippen MR) is 63.3 cm³/mol. The van der Waals surface area contributed by atoms with E-state index in [0.717, 1.165) is 24.7 Å². The number of pyridine rings is 1. The van der Waals surface area contributed by atoms with Gasteiger partial charge in [-0.2, -0.15) is 0 Å². The molecular formula is C12H13FN4O. The van der Waals surface area contributed by atoms with Crippen molar-refractivity contribution in [2.45, 2.75) is 6.04 Å². The summed E-state index contributed by atoms with van der Waals surface area (Å²) >= 11 is 0. The number of ether oxygens (including phenoxy) is 1. The van der Waals surface area contributed by atoms with Gasteiger partial charge in [0, 0.05) is 18.3 Å². The minimum Gasteiger partial charge on any atom is -0.378 e. The summed E-state index contributed by atoms with van der Waals surface area (Å²) in [4.78, 5) is 11.3. The molecule has 18 heavy (non-hydrogen) atoms. The predicted octanol–water partition coefficient (Wildman–Crippen LogP) is 1.27. The van der Waals surface area contributed by atoms with Crippen LogP contribution in [0, 0.1) is 5.82 Å². The zero-order valence-electron chi connectivity index (χ0n) is 9.69. The average molecular weight is 248 g/mol. The van der Waals surface area contributed by atoms with Crippen molar-refractivity contribution in [1.29, 1.82) is 0 Å². The van der Waals surface area contributed by atoms with Gasteiger partial charge in [-0.3, -0.25) is 4.98 Å². The average Bonchev–Trinajstić information content (AvgIpc) is 2.89. The molecule has 1 saturated heterocycles. The van der Waals surface area contributed by atoms with Gasteiger partial charge in [-0.1, -0.05) is 0 Å². The number of halogens is 1. The molecule has 2 aromatic heterocycles. The highest BCUT2D eigenvalue weighted by atomic mass is 19.1. The van der Waals surface area contributed by atoms with E-state index in [9.17, 15) is 4.39 Å². The van der Waals surface area contributed by atoms with Crippen molar-refractivity contribution >= 4 is 0 Å². The van der Waals surface area contributed by atoms with E-state index >= 15 is 0 Å². The molecule has 2 N–H and O–H groups in total. The zero-order valence-corrected chi connectivity index (χ0v) is 9.69. The summed E-state index contributed by atoms with van der Waals surface area (Å²) in [6.07, 6.45) is 4.46. The summed E-state index contributed by atoms with van der Waals surface area (Å²) in [6.45, 7) is 2.12. The van der Waals surface area contributed by atoms with Gasteiger partial charge in [0.2, 0.25) is 0 Å². The van der Waals surface area contributed by atoms with Gasteiger partial charge >= 0.3 is 0 Å². The smallest absolute Gasteiger partial charge is 0.142 e. The Morgan fingerprint density at radius 1 is 1.33 bits per heavy atom. The summed E-state index contributed by atoms with van der Waals surface area (Å²) in [7, 11) is 0. The molecule has 5 nitrogen and oxygen atoms in total. The number of rotatable bonds is 2. The summed E-state index contributed by atoms with van der Waals surface area (Å²) in [5.41, 5.74) is 1.44. The molecule has 1 fully saturated rings. The Morgan fingerprint density at radius 2 is 2.28 bits per heavy atom. The fourth-order valence-electron chi connectivity index (χ4n) is 1.96. The molecule has 0 bridgehead atoms. The molecule has 0 radical (unpaired) electrons. The first-order chi connectivity index (χ1) is 8.83. The third-order valence-electron chi connectivity index (χ3n) is 2.86. The summed E-state index contributed by atoms with van der Waals surface area (Å²) in [6, 6.07) is 1.49. The van der Waals surface area contributed by atoms with Gasteiger partial charge in [0.05, 0.1) is 37.3 Å². The normalized spacial score (nSPS) is 19.9. The van der Waals surface area contributed by atoms with Crippen molar-refractivity contribution in [3.63, 3.8) is 0 Å². The minimum absolute atomic E-state index is 0.0639. The minimum atomic E-state index is -0.359. The van der Waals surface area contributed by atoms with Crippen LogP contribution in [0.1, 0.15) is 11.9 Å². The molecule has 94 valence electrons. The van der Waals surface area contributed by atoms with Crippen LogP contribution in [0.15, 0.2) is 24.7 Å². The van der Waals surface area contributed by atoms with E-state index in [-0.39, 0.29) is 11.9 Å². The van der Waals surface area contributed by atoms with Crippen LogP contribution in [0.2, 0.25) is 0 Å². The number of aromatic amines is 1. The van der Waals surface area contributed by atoms with E-state index in [1.807, 2.05) is 0 Å². The van der Waals surface area contributed by atoms with Crippen LogP contribution in [0.5, 0.6) is 0 Å². The molecule has 2 aromatic rings. The summed E-state index contributed by atoms with van der Waals surface area (Å²) in [5, 5.41) is 3.30. The molecule has 6 heteroatoms. The van der Waals surface area contributed by atoms with Gasteiger partial charge in [0.15, 0.2) is 0 Å². The quantitative estimate of drug-likeness (QED) is 0.840. The lowest BCUT2D eigenvalue weighted by Crippen LogP contribution is -2.35. The first-order valence-corrected chi connectivity index (χ1v) is 5.80. The number of nitrogens with zero attached hydrogens (tertiary/aromatic N) is 2. The molecule has 1 aliphatic heterocycles. The molecule has 0 amide bonds. The molecular weight excluding hydrogens is 235 g/mol. The van der Waals surface area contributed by atoms with Crippen molar-refractivity contribution < 1.29 is 9.13 Å². The van der Waals surface area contributed by atoms with E-state index in [4.69, 9.17) is 4.74 Å². The zero-order chi connectivity index (χ0) is 12.4. The highest BCUT2D eigenvalue weighted by Crippen LogP contribution is 2.20. The Morgan fingerprint density at radius 3 is 3.06 bits per heavy atom.